The minimum atomic E-state index is -1.18. The smallest absolute Gasteiger partial charge is 0.322 e. The van der Waals surface area contributed by atoms with Gasteiger partial charge in [-0.25, -0.2) is 4.98 Å². The number of carbonyl (C=O) groups excluding carboxylic acids is 1. The molecule has 1 aromatic rings. The zero-order valence-electron chi connectivity index (χ0n) is 11.3. The molecule has 1 aromatic heterocycles. The maximum atomic E-state index is 11.9. The van der Waals surface area contributed by atoms with Crippen LogP contribution in [0.25, 0.3) is 0 Å². The highest BCUT2D eigenvalue weighted by molar-refractivity contribution is 5.96. The molecule has 0 aromatic carbocycles. The molecule has 0 atom stereocenters. The van der Waals surface area contributed by atoms with E-state index >= 15 is 0 Å². The maximum Gasteiger partial charge on any atom is 0.322 e. The molecule has 0 aliphatic rings. The maximum absolute atomic E-state index is 11.9. The molecular weight excluding hydrogens is 250 g/mol. The summed E-state index contributed by atoms with van der Waals surface area (Å²) in [6.07, 6.45) is 0. The fraction of sp³-hybridized carbons (Fsp3) is 0.500. The predicted molar refractivity (Wildman–Crippen MR) is 68.3 cm³/mol. The first-order chi connectivity index (χ1) is 8.62. The normalized spacial score (nSPS) is 11.2. The molecule has 3 N–H and O–H groups in total. The molecule has 0 fully saturated rings. The molecule has 0 aliphatic heterocycles. The van der Waals surface area contributed by atoms with Crippen LogP contribution in [0.5, 0.6) is 0 Å². The minimum Gasteiger partial charge on any atom is -0.480 e. The number of nitrogens with one attached hydrogen (secondary N) is 2. The van der Waals surface area contributed by atoms with Crippen LogP contribution in [0.2, 0.25) is 0 Å². The number of aromatic amines is 1. The van der Waals surface area contributed by atoms with Gasteiger partial charge in [0.2, 0.25) is 0 Å². The van der Waals surface area contributed by atoms with Gasteiger partial charge in [0.25, 0.3) is 11.5 Å². The van der Waals surface area contributed by atoms with Gasteiger partial charge in [-0.1, -0.05) is 20.8 Å². The van der Waals surface area contributed by atoms with Crippen LogP contribution in [-0.4, -0.2) is 33.5 Å². The highest BCUT2D eigenvalue weighted by Gasteiger charge is 2.22. The summed E-state index contributed by atoms with van der Waals surface area (Å²) < 4.78 is 0. The second kappa shape index (κ2) is 5.21. The molecule has 1 amide bonds. The molecule has 1 rings (SSSR count). The van der Waals surface area contributed by atoms with Gasteiger partial charge in [0.05, 0.1) is 5.69 Å². The van der Waals surface area contributed by atoms with Crippen molar-refractivity contribution in [2.45, 2.75) is 33.1 Å². The van der Waals surface area contributed by atoms with Crippen molar-refractivity contribution in [1.29, 1.82) is 0 Å². The summed E-state index contributed by atoms with van der Waals surface area (Å²) in [7, 11) is 0. The van der Waals surface area contributed by atoms with Crippen LogP contribution >= 0.6 is 0 Å². The number of rotatable bonds is 3. The van der Waals surface area contributed by atoms with Crippen LogP contribution in [0.1, 0.15) is 42.6 Å². The van der Waals surface area contributed by atoms with Gasteiger partial charge in [-0.05, 0) is 6.92 Å². The van der Waals surface area contributed by atoms with Crippen molar-refractivity contribution in [3.8, 4) is 0 Å². The van der Waals surface area contributed by atoms with E-state index in [1.54, 1.807) is 6.92 Å². The summed E-state index contributed by atoms with van der Waals surface area (Å²) in [5, 5.41) is 10.6. The molecule has 0 radical (unpaired) electrons. The van der Waals surface area contributed by atoms with E-state index in [1.807, 2.05) is 20.8 Å². The van der Waals surface area contributed by atoms with Crippen LogP contribution in [0, 0.1) is 6.92 Å². The van der Waals surface area contributed by atoms with Crippen molar-refractivity contribution in [3.05, 3.63) is 27.4 Å². The van der Waals surface area contributed by atoms with E-state index in [-0.39, 0.29) is 16.7 Å². The number of aromatic nitrogens is 2. The standard InChI is InChI=1S/C12H17N3O4/c1-6-8(9(18)13-5-7(16)17)10(19)15-11(14-6)12(2,3)4/h5H2,1-4H3,(H,13,18)(H,16,17)(H,14,15,19). The van der Waals surface area contributed by atoms with E-state index in [4.69, 9.17) is 5.11 Å². The molecule has 0 spiro atoms. The lowest BCUT2D eigenvalue weighted by atomic mass is 9.95. The molecule has 104 valence electrons. The Balaban J connectivity index is 3.14. The third kappa shape index (κ3) is 3.64. The summed E-state index contributed by atoms with van der Waals surface area (Å²) in [4.78, 5) is 40.7. The van der Waals surface area contributed by atoms with Crippen LogP contribution in [0.3, 0.4) is 0 Å². The lowest BCUT2D eigenvalue weighted by molar-refractivity contribution is -0.135. The van der Waals surface area contributed by atoms with Gasteiger partial charge in [0.15, 0.2) is 0 Å². The van der Waals surface area contributed by atoms with Gasteiger partial charge >= 0.3 is 5.97 Å². The number of hydrogen-bond donors (Lipinski definition) is 3. The van der Waals surface area contributed by atoms with Crippen LogP contribution in [0.4, 0.5) is 0 Å². The molecule has 19 heavy (non-hydrogen) atoms. The number of aryl methyl sites for hydroxylation is 1. The SMILES string of the molecule is Cc1nc(C(C)(C)C)[nH]c(=O)c1C(=O)NCC(=O)O. The Kier molecular flexibility index (Phi) is 4.08. The highest BCUT2D eigenvalue weighted by atomic mass is 16.4. The molecule has 0 bridgehead atoms. The molecule has 0 unspecified atom stereocenters. The largest absolute Gasteiger partial charge is 0.480 e. The van der Waals surface area contributed by atoms with Crippen molar-refractivity contribution in [2.24, 2.45) is 0 Å². The van der Waals surface area contributed by atoms with Gasteiger partial charge in [-0.2, -0.15) is 0 Å². The first-order valence-corrected chi connectivity index (χ1v) is 5.74. The monoisotopic (exact) mass is 267 g/mol. The van der Waals surface area contributed by atoms with Gasteiger partial charge in [0.1, 0.15) is 17.9 Å². The number of hydrogen-bond acceptors (Lipinski definition) is 4. The molecule has 7 nitrogen and oxygen atoms in total. The molecular formula is C12H17N3O4. The second-order valence-corrected chi connectivity index (χ2v) is 5.20. The summed E-state index contributed by atoms with van der Waals surface area (Å²) in [5.74, 6) is -1.44. The summed E-state index contributed by atoms with van der Waals surface area (Å²) >= 11 is 0. The Labute approximate surface area is 110 Å². The fourth-order valence-corrected chi connectivity index (χ4v) is 1.45. The van der Waals surface area contributed by atoms with Crippen molar-refractivity contribution in [2.75, 3.05) is 6.54 Å². The Hall–Kier alpha value is -2.18. The van der Waals surface area contributed by atoms with Crippen LogP contribution in [-0.2, 0) is 10.2 Å². The van der Waals surface area contributed by atoms with E-state index in [2.05, 4.69) is 15.3 Å². The number of aliphatic carboxylic acids is 1. The first-order valence-electron chi connectivity index (χ1n) is 5.74. The highest BCUT2D eigenvalue weighted by Crippen LogP contribution is 2.17. The minimum absolute atomic E-state index is 0.158. The van der Waals surface area contributed by atoms with E-state index in [0.717, 1.165) is 0 Å². The molecule has 0 aliphatic carbocycles. The van der Waals surface area contributed by atoms with Gasteiger partial charge in [-0.15, -0.1) is 0 Å². The number of amides is 1. The van der Waals surface area contributed by atoms with Gasteiger partial charge in [0, 0.05) is 5.41 Å². The number of carboxylic acids is 1. The topological polar surface area (TPSA) is 112 Å². The van der Waals surface area contributed by atoms with Crippen molar-refractivity contribution >= 4 is 11.9 Å². The predicted octanol–water partition coefficient (Wildman–Crippen LogP) is 0.190. The van der Waals surface area contributed by atoms with Crippen molar-refractivity contribution in [3.63, 3.8) is 0 Å². The number of nitrogens with zero attached hydrogens (tertiary/aromatic N) is 1. The fourth-order valence-electron chi connectivity index (χ4n) is 1.45. The lowest BCUT2D eigenvalue weighted by Gasteiger charge is -2.18. The van der Waals surface area contributed by atoms with Crippen molar-refractivity contribution in [1.82, 2.24) is 15.3 Å². The molecule has 0 saturated heterocycles. The second-order valence-electron chi connectivity index (χ2n) is 5.20. The summed E-state index contributed by atoms with van der Waals surface area (Å²) in [6.45, 7) is 6.65. The average Bonchev–Trinajstić information content (AvgIpc) is 2.24. The quantitative estimate of drug-likeness (QED) is 0.723. The number of carbonyl (C=O) groups is 2. The van der Waals surface area contributed by atoms with E-state index < -0.39 is 24.0 Å². The number of H-pyrrole nitrogens is 1. The molecule has 1 heterocycles. The van der Waals surface area contributed by atoms with E-state index in [1.165, 1.54) is 0 Å². The zero-order chi connectivity index (χ0) is 14.8. The Bertz CT molecular complexity index is 569. The lowest BCUT2D eigenvalue weighted by Crippen LogP contribution is -2.36. The number of carboxylic acid groups (broad SMARTS) is 1. The average molecular weight is 267 g/mol. The van der Waals surface area contributed by atoms with Crippen LogP contribution in [0.15, 0.2) is 4.79 Å². The zero-order valence-corrected chi connectivity index (χ0v) is 11.3. The Morgan fingerprint density at radius 2 is 1.95 bits per heavy atom. The Morgan fingerprint density at radius 3 is 2.37 bits per heavy atom. The molecule has 0 saturated carbocycles. The van der Waals surface area contributed by atoms with E-state index in [0.29, 0.717) is 5.82 Å². The van der Waals surface area contributed by atoms with Crippen molar-refractivity contribution < 1.29 is 14.7 Å². The molecule has 7 heteroatoms. The summed E-state index contributed by atoms with van der Waals surface area (Å²) in [5.41, 5.74) is -0.800. The van der Waals surface area contributed by atoms with Crippen LogP contribution < -0.4 is 10.9 Å². The Morgan fingerprint density at radius 1 is 1.37 bits per heavy atom. The first kappa shape index (κ1) is 14.9. The van der Waals surface area contributed by atoms with Gasteiger partial charge in [-0.3, -0.25) is 14.4 Å². The van der Waals surface area contributed by atoms with Gasteiger partial charge < -0.3 is 15.4 Å². The third-order valence-corrected chi connectivity index (χ3v) is 2.44. The van der Waals surface area contributed by atoms with E-state index in [9.17, 15) is 14.4 Å². The summed E-state index contributed by atoms with van der Waals surface area (Å²) in [6, 6.07) is 0. The third-order valence-electron chi connectivity index (χ3n) is 2.44.